The standard InChI is InChI=1S/C16H24N2O2/c1-11(12(2)17)16(19)18-10-13-6-3-4-9-15(13)20-14-7-5-8-14/h3-4,6,9,11-12,14H,5,7-8,10,17H2,1-2H3,(H,18,19). The maximum absolute atomic E-state index is 11.9. The van der Waals surface area contributed by atoms with Gasteiger partial charge in [-0.05, 0) is 32.3 Å². The largest absolute Gasteiger partial charge is 0.490 e. The average Bonchev–Trinajstić information content (AvgIpc) is 2.40. The van der Waals surface area contributed by atoms with Gasteiger partial charge in [-0.3, -0.25) is 4.79 Å². The van der Waals surface area contributed by atoms with Crippen LogP contribution in [0.2, 0.25) is 0 Å². The van der Waals surface area contributed by atoms with Gasteiger partial charge in [-0.15, -0.1) is 0 Å². The molecule has 0 spiro atoms. The van der Waals surface area contributed by atoms with E-state index in [9.17, 15) is 4.79 Å². The molecule has 4 heteroatoms. The fourth-order valence-corrected chi connectivity index (χ4v) is 2.02. The minimum atomic E-state index is -0.185. The number of amides is 1. The lowest BCUT2D eigenvalue weighted by molar-refractivity contribution is -0.125. The van der Waals surface area contributed by atoms with E-state index in [1.54, 1.807) is 0 Å². The minimum Gasteiger partial charge on any atom is -0.490 e. The SMILES string of the molecule is CC(N)C(C)C(=O)NCc1ccccc1OC1CCC1. The highest BCUT2D eigenvalue weighted by Crippen LogP contribution is 2.27. The van der Waals surface area contributed by atoms with Crippen LogP contribution in [0.5, 0.6) is 5.75 Å². The number of carbonyl (C=O) groups excluding carboxylic acids is 1. The second-order valence-corrected chi connectivity index (χ2v) is 5.64. The lowest BCUT2D eigenvalue weighted by Crippen LogP contribution is -2.38. The second kappa shape index (κ2) is 6.75. The molecule has 0 aromatic heterocycles. The van der Waals surface area contributed by atoms with Gasteiger partial charge >= 0.3 is 0 Å². The molecule has 0 heterocycles. The van der Waals surface area contributed by atoms with Crippen molar-refractivity contribution in [2.75, 3.05) is 0 Å². The smallest absolute Gasteiger partial charge is 0.224 e. The molecule has 1 aliphatic carbocycles. The van der Waals surface area contributed by atoms with E-state index in [0.717, 1.165) is 24.2 Å². The van der Waals surface area contributed by atoms with Crippen LogP contribution in [0, 0.1) is 5.92 Å². The number of nitrogens with one attached hydrogen (secondary N) is 1. The summed E-state index contributed by atoms with van der Waals surface area (Å²) in [7, 11) is 0. The molecule has 1 fully saturated rings. The summed E-state index contributed by atoms with van der Waals surface area (Å²) in [6.07, 6.45) is 3.84. The zero-order valence-electron chi connectivity index (χ0n) is 12.3. The van der Waals surface area contributed by atoms with E-state index in [1.165, 1.54) is 6.42 Å². The zero-order chi connectivity index (χ0) is 14.5. The predicted octanol–water partition coefficient (Wildman–Crippen LogP) is 2.22. The topological polar surface area (TPSA) is 64.4 Å². The molecule has 3 N–H and O–H groups in total. The van der Waals surface area contributed by atoms with Gasteiger partial charge in [0.15, 0.2) is 0 Å². The number of hydrogen-bond acceptors (Lipinski definition) is 3. The maximum atomic E-state index is 11.9. The van der Waals surface area contributed by atoms with E-state index in [1.807, 2.05) is 38.1 Å². The first-order valence-electron chi connectivity index (χ1n) is 7.35. The van der Waals surface area contributed by atoms with Crippen LogP contribution in [0.15, 0.2) is 24.3 Å². The van der Waals surface area contributed by atoms with E-state index in [-0.39, 0.29) is 17.9 Å². The summed E-state index contributed by atoms with van der Waals surface area (Å²) in [5.74, 6) is 0.680. The zero-order valence-corrected chi connectivity index (χ0v) is 12.3. The Hall–Kier alpha value is -1.55. The molecule has 20 heavy (non-hydrogen) atoms. The third kappa shape index (κ3) is 3.73. The number of rotatable bonds is 6. The third-order valence-electron chi connectivity index (χ3n) is 3.97. The molecule has 2 rings (SSSR count). The summed E-state index contributed by atoms with van der Waals surface area (Å²) in [4.78, 5) is 11.9. The number of carbonyl (C=O) groups is 1. The molecule has 1 aromatic rings. The Kier molecular flexibility index (Phi) is 5.01. The first-order chi connectivity index (χ1) is 9.58. The fourth-order valence-electron chi connectivity index (χ4n) is 2.02. The van der Waals surface area contributed by atoms with E-state index in [4.69, 9.17) is 10.5 Å². The van der Waals surface area contributed by atoms with Crippen molar-refractivity contribution < 1.29 is 9.53 Å². The number of para-hydroxylation sites is 1. The molecule has 0 bridgehead atoms. The van der Waals surface area contributed by atoms with Gasteiger partial charge in [0, 0.05) is 24.1 Å². The fraction of sp³-hybridized carbons (Fsp3) is 0.562. The molecule has 4 nitrogen and oxygen atoms in total. The highest BCUT2D eigenvalue weighted by Gasteiger charge is 2.21. The highest BCUT2D eigenvalue weighted by molar-refractivity contribution is 5.78. The quantitative estimate of drug-likeness (QED) is 0.837. The van der Waals surface area contributed by atoms with Gasteiger partial charge in [0.05, 0.1) is 6.10 Å². The summed E-state index contributed by atoms with van der Waals surface area (Å²) in [6, 6.07) is 7.74. The van der Waals surface area contributed by atoms with Crippen molar-refractivity contribution in [2.45, 2.75) is 51.8 Å². The molecule has 1 amide bonds. The van der Waals surface area contributed by atoms with Crippen LogP contribution in [0.1, 0.15) is 38.7 Å². The van der Waals surface area contributed by atoms with Gasteiger partial charge in [0.2, 0.25) is 5.91 Å². The molecule has 0 radical (unpaired) electrons. The molecular formula is C16H24N2O2. The van der Waals surface area contributed by atoms with Crippen LogP contribution in [0.4, 0.5) is 0 Å². The van der Waals surface area contributed by atoms with Crippen molar-refractivity contribution >= 4 is 5.91 Å². The van der Waals surface area contributed by atoms with Gasteiger partial charge in [-0.25, -0.2) is 0 Å². The molecule has 2 atom stereocenters. The van der Waals surface area contributed by atoms with E-state index < -0.39 is 0 Å². The number of ether oxygens (including phenoxy) is 1. The normalized spacial score (nSPS) is 17.9. The number of nitrogens with two attached hydrogens (primary N) is 1. The molecule has 0 aliphatic heterocycles. The van der Waals surface area contributed by atoms with Crippen LogP contribution < -0.4 is 15.8 Å². The molecule has 0 saturated heterocycles. The summed E-state index contributed by atoms with van der Waals surface area (Å²) in [6.45, 7) is 4.17. The first-order valence-corrected chi connectivity index (χ1v) is 7.35. The Morgan fingerprint density at radius 3 is 2.70 bits per heavy atom. The second-order valence-electron chi connectivity index (χ2n) is 5.64. The van der Waals surface area contributed by atoms with E-state index in [2.05, 4.69) is 5.32 Å². The summed E-state index contributed by atoms with van der Waals surface area (Å²) in [5.41, 5.74) is 6.76. The van der Waals surface area contributed by atoms with Crippen LogP contribution in [0.3, 0.4) is 0 Å². The Labute approximate surface area is 120 Å². The lowest BCUT2D eigenvalue weighted by atomic mass is 9.96. The van der Waals surface area contributed by atoms with Crippen molar-refractivity contribution in [3.63, 3.8) is 0 Å². The molecule has 1 aromatic carbocycles. The summed E-state index contributed by atoms with van der Waals surface area (Å²) >= 11 is 0. The first kappa shape index (κ1) is 14.9. The summed E-state index contributed by atoms with van der Waals surface area (Å²) < 4.78 is 5.95. The van der Waals surface area contributed by atoms with Crippen LogP contribution in [-0.4, -0.2) is 18.1 Å². The Morgan fingerprint density at radius 2 is 2.10 bits per heavy atom. The van der Waals surface area contributed by atoms with Gasteiger partial charge in [-0.1, -0.05) is 25.1 Å². The van der Waals surface area contributed by atoms with Crippen molar-refractivity contribution in [3.05, 3.63) is 29.8 Å². The lowest BCUT2D eigenvalue weighted by Gasteiger charge is -2.27. The number of benzene rings is 1. The third-order valence-corrected chi connectivity index (χ3v) is 3.97. The molecular weight excluding hydrogens is 252 g/mol. The van der Waals surface area contributed by atoms with Crippen molar-refractivity contribution in [2.24, 2.45) is 11.7 Å². The van der Waals surface area contributed by atoms with Gasteiger partial charge in [-0.2, -0.15) is 0 Å². The molecule has 110 valence electrons. The predicted molar refractivity (Wildman–Crippen MR) is 79.4 cm³/mol. The summed E-state index contributed by atoms with van der Waals surface area (Å²) in [5, 5.41) is 2.93. The van der Waals surface area contributed by atoms with E-state index in [0.29, 0.717) is 12.6 Å². The Morgan fingerprint density at radius 1 is 1.40 bits per heavy atom. The van der Waals surface area contributed by atoms with Gasteiger partial charge in [0.1, 0.15) is 5.75 Å². The van der Waals surface area contributed by atoms with Gasteiger partial charge < -0.3 is 15.8 Å². The number of hydrogen-bond donors (Lipinski definition) is 2. The molecule has 2 unspecified atom stereocenters. The van der Waals surface area contributed by atoms with Crippen molar-refractivity contribution in [3.8, 4) is 5.75 Å². The average molecular weight is 276 g/mol. The Bertz CT molecular complexity index is 456. The maximum Gasteiger partial charge on any atom is 0.224 e. The van der Waals surface area contributed by atoms with Crippen molar-refractivity contribution in [1.29, 1.82) is 0 Å². The monoisotopic (exact) mass is 276 g/mol. The Balaban J connectivity index is 1.93. The minimum absolute atomic E-state index is 0.0153. The van der Waals surface area contributed by atoms with Crippen LogP contribution >= 0.6 is 0 Å². The van der Waals surface area contributed by atoms with Crippen LogP contribution in [-0.2, 0) is 11.3 Å². The molecule has 1 aliphatic rings. The van der Waals surface area contributed by atoms with E-state index >= 15 is 0 Å². The molecule has 1 saturated carbocycles. The van der Waals surface area contributed by atoms with Crippen molar-refractivity contribution in [1.82, 2.24) is 5.32 Å². The van der Waals surface area contributed by atoms with Gasteiger partial charge in [0.25, 0.3) is 0 Å². The highest BCUT2D eigenvalue weighted by atomic mass is 16.5. The van der Waals surface area contributed by atoms with Crippen LogP contribution in [0.25, 0.3) is 0 Å².